The number of nitrogens with one attached hydrogen (secondary N) is 1. The minimum atomic E-state index is -1.42. The molecule has 8 nitrogen and oxygen atoms in total. The zero-order valence-electron chi connectivity index (χ0n) is 18.7. The van der Waals surface area contributed by atoms with Crippen molar-refractivity contribution in [2.24, 2.45) is 5.92 Å². The van der Waals surface area contributed by atoms with Crippen molar-refractivity contribution in [2.75, 3.05) is 32.8 Å². The van der Waals surface area contributed by atoms with Gasteiger partial charge in [0, 0.05) is 19.0 Å². The number of carbonyl (C=O) groups is 3. The fourth-order valence-electron chi connectivity index (χ4n) is 4.47. The van der Waals surface area contributed by atoms with Crippen LogP contribution in [0.15, 0.2) is 48.5 Å². The van der Waals surface area contributed by atoms with E-state index in [4.69, 9.17) is 9.47 Å². The fraction of sp³-hybridized carbons (Fsp3) is 0.400. The summed E-state index contributed by atoms with van der Waals surface area (Å²) < 4.78 is 10.8. The number of hydrogen-bond donors (Lipinski definition) is 2. The largest absolute Gasteiger partial charge is 0.479 e. The molecule has 2 aromatic carbocycles. The van der Waals surface area contributed by atoms with Gasteiger partial charge in [-0.05, 0) is 29.2 Å². The second-order valence-electron chi connectivity index (χ2n) is 8.75. The van der Waals surface area contributed by atoms with Gasteiger partial charge in [-0.3, -0.25) is 4.79 Å². The van der Waals surface area contributed by atoms with Crippen LogP contribution in [0.1, 0.15) is 30.9 Å². The molecule has 8 heteroatoms. The summed E-state index contributed by atoms with van der Waals surface area (Å²) in [6, 6.07) is 16.2. The standard InChI is InChI=1S/C25H28N2O6/c1-16(22(28)27-11-12-33-25(2,15-27)23(29)30)13-26-24(31)32-14-21-19-9-5-3-7-17(19)18-8-4-6-10-20(18)21/h3-10,16,21H,11-15H2,1-2H3,(H,26,31)(H,29,30). The van der Waals surface area contributed by atoms with Gasteiger partial charge in [-0.15, -0.1) is 0 Å². The SMILES string of the molecule is CC(CNC(=O)OCC1c2ccccc2-c2ccccc21)C(=O)N1CCOC(C)(C(=O)O)C1. The van der Waals surface area contributed by atoms with Crippen molar-refractivity contribution in [3.05, 3.63) is 59.7 Å². The molecule has 4 rings (SSSR count). The number of carbonyl (C=O) groups excluding carboxylic acids is 2. The van der Waals surface area contributed by atoms with Crippen LogP contribution < -0.4 is 5.32 Å². The molecule has 0 saturated carbocycles. The molecule has 2 N–H and O–H groups in total. The summed E-state index contributed by atoms with van der Waals surface area (Å²) in [5.74, 6) is -1.90. The zero-order chi connectivity index (χ0) is 23.6. The maximum absolute atomic E-state index is 12.7. The molecule has 2 amide bonds. The summed E-state index contributed by atoms with van der Waals surface area (Å²) in [5.41, 5.74) is 3.14. The lowest BCUT2D eigenvalue weighted by molar-refractivity contribution is -0.177. The Bertz CT molecular complexity index is 1020. The third kappa shape index (κ3) is 4.57. The van der Waals surface area contributed by atoms with Gasteiger partial charge in [-0.1, -0.05) is 55.5 Å². The molecule has 0 spiro atoms. The van der Waals surface area contributed by atoms with Gasteiger partial charge < -0.3 is 24.8 Å². The van der Waals surface area contributed by atoms with E-state index < -0.39 is 23.6 Å². The molecule has 1 saturated heterocycles. The van der Waals surface area contributed by atoms with Crippen LogP contribution in [0.4, 0.5) is 4.79 Å². The number of nitrogens with zero attached hydrogens (tertiary/aromatic N) is 1. The number of fused-ring (bicyclic) bond motifs is 3. The van der Waals surface area contributed by atoms with Gasteiger partial charge in [0.25, 0.3) is 0 Å². The summed E-state index contributed by atoms with van der Waals surface area (Å²) in [7, 11) is 0. The molecule has 0 aromatic heterocycles. The summed E-state index contributed by atoms with van der Waals surface area (Å²) in [6.45, 7) is 3.88. The molecule has 174 valence electrons. The first-order valence-corrected chi connectivity index (χ1v) is 11.0. The molecule has 0 radical (unpaired) electrons. The summed E-state index contributed by atoms with van der Waals surface area (Å²) in [5, 5.41) is 12.0. The second-order valence-corrected chi connectivity index (χ2v) is 8.75. The van der Waals surface area contributed by atoms with Crippen molar-refractivity contribution in [3.8, 4) is 11.1 Å². The number of carboxylic acid groups (broad SMARTS) is 1. The first kappa shape index (κ1) is 22.8. The molecule has 2 unspecified atom stereocenters. The number of morpholine rings is 1. The van der Waals surface area contributed by atoms with Crippen LogP contribution in [0.2, 0.25) is 0 Å². The predicted octanol–water partition coefficient (Wildman–Crippen LogP) is 2.86. The minimum Gasteiger partial charge on any atom is -0.479 e. The molecular formula is C25H28N2O6. The van der Waals surface area contributed by atoms with Gasteiger partial charge in [0.05, 0.1) is 19.1 Å². The van der Waals surface area contributed by atoms with Gasteiger partial charge in [0.15, 0.2) is 5.60 Å². The second kappa shape index (κ2) is 9.23. The van der Waals surface area contributed by atoms with Gasteiger partial charge in [-0.25, -0.2) is 9.59 Å². The summed E-state index contributed by atoms with van der Waals surface area (Å²) in [6.07, 6.45) is -0.589. The van der Waals surface area contributed by atoms with Crippen LogP contribution >= 0.6 is 0 Å². The molecule has 33 heavy (non-hydrogen) atoms. The van der Waals surface area contributed by atoms with Gasteiger partial charge >= 0.3 is 12.1 Å². The van der Waals surface area contributed by atoms with Crippen molar-refractivity contribution in [3.63, 3.8) is 0 Å². The van der Waals surface area contributed by atoms with Crippen LogP contribution in [-0.2, 0) is 19.1 Å². The normalized spacial score (nSPS) is 20.5. The Balaban J connectivity index is 1.30. The van der Waals surface area contributed by atoms with E-state index in [1.54, 1.807) is 6.92 Å². The van der Waals surface area contributed by atoms with Crippen molar-refractivity contribution in [2.45, 2.75) is 25.4 Å². The number of aliphatic carboxylic acids is 1. The maximum Gasteiger partial charge on any atom is 0.407 e. The summed E-state index contributed by atoms with van der Waals surface area (Å²) in [4.78, 5) is 38.0. The Hall–Kier alpha value is -3.39. The molecule has 1 heterocycles. The highest BCUT2D eigenvalue weighted by Gasteiger charge is 2.41. The smallest absolute Gasteiger partial charge is 0.407 e. The Morgan fingerprint density at radius 1 is 1.15 bits per heavy atom. The Morgan fingerprint density at radius 2 is 1.76 bits per heavy atom. The molecule has 0 bridgehead atoms. The number of amides is 2. The Labute approximate surface area is 192 Å². The highest BCUT2D eigenvalue weighted by molar-refractivity contribution is 5.83. The molecule has 1 aliphatic carbocycles. The number of carboxylic acids is 1. The molecule has 2 aliphatic rings. The van der Waals surface area contributed by atoms with Crippen LogP contribution in [0, 0.1) is 5.92 Å². The van der Waals surface area contributed by atoms with Crippen molar-refractivity contribution in [1.29, 1.82) is 0 Å². The zero-order valence-corrected chi connectivity index (χ0v) is 18.7. The van der Waals surface area contributed by atoms with Gasteiger partial charge in [0.1, 0.15) is 6.61 Å². The Kier molecular flexibility index (Phi) is 6.37. The first-order chi connectivity index (χ1) is 15.8. The predicted molar refractivity (Wildman–Crippen MR) is 121 cm³/mol. The van der Waals surface area contributed by atoms with E-state index in [9.17, 15) is 19.5 Å². The average molecular weight is 453 g/mol. The highest BCUT2D eigenvalue weighted by Crippen LogP contribution is 2.44. The monoisotopic (exact) mass is 452 g/mol. The number of ether oxygens (including phenoxy) is 2. The third-order valence-electron chi connectivity index (χ3n) is 6.36. The van der Waals surface area contributed by atoms with E-state index in [1.165, 1.54) is 11.8 Å². The average Bonchev–Trinajstić information content (AvgIpc) is 3.14. The maximum atomic E-state index is 12.7. The van der Waals surface area contributed by atoms with Crippen LogP contribution in [0.3, 0.4) is 0 Å². The molecular weight excluding hydrogens is 424 g/mol. The van der Waals surface area contributed by atoms with E-state index in [1.807, 2.05) is 24.3 Å². The minimum absolute atomic E-state index is 0.0313. The van der Waals surface area contributed by atoms with E-state index in [0.717, 1.165) is 22.3 Å². The lowest BCUT2D eigenvalue weighted by atomic mass is 9.98. The van der Waals surface area contributed by atoms with Crippen molar-refractivity contribution < 1.29 is 29.0 Å². The topological polar surface area (TPSA) is 105 Å². The van der Waals surface area contributed by atoms with Crippen LogP contribution in [0.5, 0.6) is 0 Å². The molecule has 2 aromatic rings. The molecule has 2 atom stereocenters. The van der Waals surface area contributed by atoms with Crippen molar-refractivity contribution in [1.82, 2.24) is 10.2 Å². The number of benzene rings is 2. The first-order valence-electron chi connectivity index (χ1n) is 11.0. The van der Waals surface area contributed by atoms with E-state index in [0.29, 0.717) is 6.54 Å². The van der Waals surface area contributed by atoms with Gasteiger partial charge in [-0.2, -0.15) is 0 Å². The third-order valence-corrected chi connectivity index (χ3v) is 6.36. The molecule has 1 aliphatic heterocycles. The van der Waals surface area contributed by atoms with Gasteiger partial charge in [0.2, 0.25) is 5.91 Å². The number of rotatable bonds is 6. The van der Waals surface area contributed by atoms with E-state index in [2.05, 4.69) is 29.6 Å². The van der Waals surface area contributed by atoms with Crippen molar-refractivity contribution >= 4 is 18.0 Å². The Morgan fingerprint density at radius 3 is 2.36 bits per heavy atom. The quantitative estimate of drug-likeness (QED) is 0.698. The fourth-order valence-corrected chi connectivity index (χ4v) is 4.47. The summed E-state index contributed by atoms with van der Waals surface area (Å²) >= 11 is 0. The lowest BCUT2D eigenvalue weighted by Crippen LogP contribution is -2.57. The molecule has 1 fully saturated rings. The van der Waals surface area contributed by atoms with Crippen LogP contribution in [-0.4, -0.2) is 66.4 Å². The van der Waals surface area contributed by atoms with E-state index in [-0.39, 0.29) is 38.1 Å². The number of hydrogen-bond acceptors (Lipinski definition) is 5. The van der Waals surface area contributed by atoms with E-state index >= 15 is 0 Å². The number of alkyl carbamates (subject to hydrolysis) is 1. The highest BCUT2D eigenvalue weighted by atomic mass is 16.5. The van der Waals surface area contributed by atoms with Crippen LogP contribution in [0.25, 0.3) is 11.1 Å². The lowest BCUT2D eigenvalue weighted by Gasteiger charge is -2.38.